The van der Waals surface area contributed by atoms with Gasteiger partial charge in [-0.2, -0.15) is 0 Å². The van der Waals surface area contributed by atoms with Gasteiger partial charge < -0.3 is 0 Å². The first-order valence-electron chi connectivity index (χ1n) is 3.60. The van der Waals surface area contributed by atoms with E-state index in [1.54, 1.807) is 6.08 Å². The summed E-state index contributed by atoms with van der Waals surface area (Å²) in [5, 5.41) is 10.1. The second-order valence-corrected chi connectivity index (χ2v) is 2.25. The Balaban J connectivity index is 3.65. The zero-order chi connectivity index (χ0) is 8.69. The maximum absolute atomic E-state index is 10.1. The standard InChI is InChI=1S/C8H13NO2/c1-3-4-5-6-7-8(2)9(10)11/h3-4,7H,5-6H2,1-2H3/b4-3+,8-7+. The van der Waals surface area contributed by atoms with E-state index in [1.807, 2.05) is 19.1 Å². The topological polar surface area (TPSA) is 43.1 Å². The lowest BCUT2D eigenvalue weighted by Crippen LogP contribution is -1.92. The number of rotatable bonds is 4. The molecular formula is C8H13NO2. The zero-order valence-electron chi connectivity index (χ0n) is 6.91. The van der Waals surface area contributed by atoms with Crippen molar-refractivity contribution >= 4 is 0 Å². The third-order valence-electron chi connectivity index (χ3n) is 1.30. The normalized spacial score (nSPS) is 12.4. The smallest absolute Gasteiger partial charge is 0.239 e. The Morgan fingerprint density at radius 2 is 2.18 bits per heavy atom. The number of nitrogens with zero attached hydrogens (tertiary/aromatic N) is 1. The minimum Gasteiger partial charge on any atom is -0.259 e. The predicted octanol–water partition coefficient (Wildman–Crippen LogP) is 2.52. The van der Waals surface area contributed by atoms with Gasteiger partial charge in [-0.15, -0.1) is 0 Å². The van der Waals surface area contributed by atoms with Crippen molar-refractivity contribution in [1.82, 2.24) is 0 Å². The highest BCUT2D eigenvalue weighted by molar-refractivity contribution is 4.89. The van der Waals surface area contributed by atoms with Gasteiger partial charge in [-0.3, -0.25) is 10.1 Å². The molecular weight excluding hydrogens is 142 g/mol. The van der Waals surface area contributed by atoms with Gasteiger partial charge >= 0.3 is 0 Å². The molecule has 0 saturated heterocycles. The maximum atomic E-state index is 10.1. The molecule has 0 heterocycles. The van der Waals surface area contributed by atoms with Crippen molar-refractivity contribution in [2.24, 2.45) is 0 Å². The summed E-state index contributed by atoms with van der Waals surface area (Å²) in [6, 6.07) is 0. The van der Waals surface area contributed by atoms with Gasteiger partial charge in [0, 0.05) is 6.92 Å². The van der Waals surface area contributed by atoms with Gasteiger partial charge in [-0.1, -0.05) is 12.2 Å². The van der Waals surface area contributed by atoms with E-state index in [0.717, 1.165) is 12.8 Å². The summed E-state index contributed by atoms with van der Waals surface area (Å²) in [4.78, 5) is 9.72. The fourth-order valence-electron chi connectivity index (χ4n) is 0.630. The van der Waals surface area contributed by atoms with Crippen molar-refractivity contribution in [3.05, 3.63) is 34.0 Å². The van der Waals surface area contributed by atoms with Gasteiger partial charge in [0.1, 0.15) is 0 Å². The minimum absolute atomic E-state index is 0.231. The summed E-state index contributed by atoms with van der Waals surface area (Å²) in [5.74, 6) is 0. The van der Waals surface area contributed by atoms with Crippen LogP contribution in [0.3, 0.4) is 0 Å². The third-order valence-corrected chi connectivity index (χ3v) is 1.30. The molecule has 3 nitrogen and oxygen atoms in total. The summed E-state index contributed by atoms with van der Waals surface area (Å²) in [6.07, 6.45) is 7.19. The molecule has 0 aromatic carbocycles. The molecule has 0 amide bonds. The van der Waals surface area contributed by atoms with Crippen LogP contribution in [0.5, 0.6) is 0 Å². The zero-order valence-corrected chi connectivity index (χ0v) is 6.91. The van der Waals surface area contributed by atoms with Gasteiger partial charge in [-0.05, 0) is 25.8 Å². The summed E-state index contributed by atoms with van der Waals surface area (Å²) in [5.41, 5.74) is 0.231. The highest BCUT2D eigenvalue weighted by Crippen LogP contribution is 1.99. The molecule has 62 valence electrons. The van der Waals surface area contributed by atoms with Crippen LogP contribution >= 0.6 is 0 Å². The highest BCUT2D eigenvalue weighted by Gasteiger charge is 1.98. The Morgan fingerprint density at radius 3 is 2.64 bits per heavy atom. The number of hydrogen-bond donors (Lipinski definition) is 0. The van der Waals surface area contributed by atoms with Crippen LogP contribution in [0.25, 0.3) is 0 Å². The highest BCUT2D eigenvalue weighted by atomic mass is 16.6. The van der Waals surface area contributed by atoms with Crippen LogP contribution in [0.1, 0.15) is 26.7 Å². The Hall–Kier alpha value is -1.12. The van der Waals surface area contributed by atoms with E-state index in [9.17, 15) is 10.1 Å². The monoisotopic (exact) mass is 155 g/mol. The molecule has 0 radical (unpaired) electrons. The molecule has 0 aromatic heterocycles. The molecule has 0 unspecified atom stereocenters. The van der Waals surface area contributed by atoms with E-state index < -0.39 is 0 Å². The average molecular weight is 155 g/mol. The lowest BCUT2D eigenvalue weighted by molar-refractivity contribution is -0.424. The molecule has 0 bridgehead atoms. The Labute approximate surface area is 66.6 Å². The van der Waals surface area contributed by atoms with Crippen LogP contribution in [0.4, 0.5) is 0 Å². The molecule has 0 aliphatic heterocycles. The van der Waals surface area contributed by atoms with E-state index in [2.05, 4.69) is 0 Å². The van der Waals surface area contributed by atoms with E-state index in [0.29, 0.717) is 0 Å². The van der Waals surface area contributed by atoms with Crippen LogP contribution in [-0.2, 0) is 0 Å². The van der Waals surface area contributed by atoms with Crippen molar-refractivity contribution < 1.29 is 4.92 Å². The fraction of sp³-hybridized carbons (Fsp3) is 0.500. The average Bonchev–Trinajstić information content (AvgIpc) is 1.97. The number of allylic oxidation sites excluding steroid dienone is 4. The van der Waals surface area contributed by atoms with E-state index in [1.165, 1.54) is 6.92 Å². The second kappa shape index (κ2) is 5.65. The van der Waals surface area contributed by atoms with Crippen LogP contribution in [0.2, 0.25) is 0 Å². The molecule has 11 heavy (non-hydrogen) atoms. The van der Waals surface area contributed by atoms with Gasteiger partial charge in [0.25, 0.3) is 0 Å². The first-order valence-corrected chi connectivity index (χ1v) is 3.60. The predicted molar refractivity (Wildman–Crippen MR) is 44.8 cm³/mol. The molecule has 0 saturated carbocycles. The van der Waals surface area contributed by atoms with Crippen molar-refractivity contribution in [3.8, 4) is 0 Å². The van der Waals surface area contributed by atoms with Crippen LogP contribution in [0.15, 0.2) is 23.9 Å². The van der Waals surface area contributed by atoms with E-state index in [4.69, 9.17) is 0 Å². The Bertz CT molecular complexity index is 183. The van der Waals surface area contributed by atoms with Crippen molar-refractivity contribution in [2.45, 2.75) is 26.7 Å². The molecule has 0 aromatic rings. The summed E-state index contributed by atoms with van der Waals surface area (Å²) >= 11 is 0. The number of unbranched alkanes of at least 4 members (excludes halogenated alkanes) is 1. The van der Waals surface area contributed by atoms with Crippen molar-refractivity contribution in [1.29, 1.82) is 0 Å². The van der Waals surface area contributed by atoms with Gasteiger partial charge in [0.05, 0.1) is 4.92 Å². The minimum atomic E-state index is -0.365. The summed E-state index contributed by atoms with van der Waals surface area (Å²) < 4.78 is 0. The molecule has 0 spiro atoms. The lowest BCUT2D eigenvalue weighted by atomic mass is 10.2. The molecule has 0 aliphatic rings. The molecule has 0 aliphatic carbocycles. The fourth-order valence-corrected chi connectivity index (χ4v) is 0.630. The largest absolute Gasteiger partial charge is 0.259 e. The molecule has 3 heteroatoms. The summed E-state index contributed by atoms with van der Waals surface area (Å²) in [7, 11) is 0. The third kappa shape index (κ3) is 5.33. The Kier molecular flexibility index (Phi) is 5.07. The second-order valence-electron chi connectivity index (χ2n) is 2.25. The van der Waals surface area contributed by atoms with Crippen LogP contribution in [0, 0.1) is 10.1 Å². The van der Waals surface area contributed by atoms with Gasteiger partial charge in [0.2, 0.25) is 5.70 Å². The van der Waals surface area contributed by atoms with Gasteiger partial charge in [-0.25, -0.2) is 0 Å². The molecule has 0 rings (SSSR count). The van der Waals surface area contributed by atoms with Crippen LogP contribution in [-0.4, -0.2) is 4.92 Å². The first-order chi connectivity index (χ1) is 5.18. The van der Waals surface area contributed by atoms with Crippen LogP contribution < -0.4 is 0 Å². The number of hydrogen-bond acceptors (Lipinski definition) is 2. The maximum Gasteiger partial charge on any atom is 0.239 e. The van der Waals surface area contributed by atoms with E-state index in [-0.39, 0.29) is 10.6 Å². The lowest BCUT2D eigenvalue weighted by Gasteiger charge is -1.88. The summed E-state index contributed by atoms with van der Waals surface area (Å²) in [6.45, 7) is 3.44. The van der Waals surface area contributed by atoms with E-state index >= 15 is 0 Å². The quantitative estimate of drug-likeness (QED) is 0.271. The number of nitro groups is 1. The first kappa shape index (κ1) is 9.88. The van der Waals surface area contributed by atoms with Gasteiger partial charge in [0.15, 0.2) is 0 Å². The van der Waals surface area contributed by atoms with Crippen molar-refractivity contribution in [2.75, 3.05) is 0 Å². The Morgan fingerprint density at radius 1 is 1.55 bits per heavy atom. The van der Waals surface area contributed by atoms with Crippen molar-refractivity contribution in [3.63, 3.8) is 0 Å². The SMILES string of the molecule is C/C=C/CC/C=C(\C)[N+](=O)[O-]. The molecule has 0 fully saturated rings. The molecule has 0 N–H and O–H groups in total. The molecule has 0 atom stereocenters.